The first-order valence-electron chi connectivity index (χ1n) is 8.62. The number of hydrogen-bond acceptors (Lipinski definition) is 4. The Hall–Kier alpha value is -2.86. The number of fused-ring (bicyclic) bond motifs is 1. The smallest absolute Gasteiger partial charge is 0.234 e. The largest absolute Gasteiger partial charge is 0.506 e. The Bertz CT molecular complexity index is 1110. The number of aromatic nitrogens is 3. The van der Waals surface area contributed by atoms with Crippen molar-refractivity contribution in [1.29, 1.82) is 0 Å². The Morgan fingerprint density at radius 1 is 1.04 bits per heavy atom. The molecule has 27 heavy (non-hydrogen) atoms. The number of nitrogens with zero attached hydrogens (tertiary/aromatic N) is 3. The number of phenols is 1. The van der Waals surface area contributed by atoms with Crippen molar-refractivity contribution in [2.45, 2.75) is 20.0 Å². The monoisotopic (exact) mass is 423 g/mol. The standard InChI is InChI=1S/C21H18BrN3O2/c1-13(2)27-17-9-8-15(20(26)18(17)22)19-16(14-6-4-3-5-7-14)12-24-21-23-10-11-25(19)21/h3-13,26H,1-2H3. The van der Waals surface area contributed by atoms with Crippen LogP contribution in [0, 0.1) is 0 Å². The summed E-state index contributed by atoms with van der Waals surface area (Å²) in [6.07, 6.45) is 5.34. The summed E-state index contributed by atoms with van der Waals surface area (Å²) in [6.45, 7) is 3.89. The van der Waals surface area contributed by atoms with Crippen molar-refractivity contribution in [3.8, 4) is 33.9 Å². The lowest BCUT2D eigenvalue weighted by Crippen LogP contribution is -2.06. The third-order valence-electron chi connectivity index (χ3n) is 4.21. The molecule has 6 heteroatoms. The van der Waals surface area contributed by atoms with Crippen molar-refractivity contribution < 1.29 is 9.84 Å². The molecule has 0 spiro atoms. The summed E-state index contributed by atoms with van der Waals surface area (Å²) in [5.41, 5.74) is 3.40. The highest BCUT2D eigenvalue weighted by Crippen LogP contribution is 2.44. The normalized spacial score (nSPS) is 11.3. The summed E-state index contributed by atoms with van der Waals surface area (Å²) in [5.74, 6) is 1.29. The van der Waals surface area contributed by atoms with Gasteiger partial charge in [-0.15, -0.1) is 0 Å². The third kappa shape index (κ3) is 3.17. The van der Waals surface area contributed by atoms with Gasteiger partial charge in [-0.3, -0.25) is 4.40 Å². The molecular weight excluding hydrogens is 406 g/mol. The van der Waals surface area contributed by atoms with E-state index >= 15 is 0 Å². The van der Waals surface area contributed by atoms with Gasteiger partial charge in [0.05, 0.1) is 11.8 Å². The van der Waals surface area contributed by atoms with Crippen LogP contribution in [0.15, 0.2) is 65.5 Å². The fourth-order valence-corrected chi connectivity index (χ4v) is 3.50. The van der Waals surface area contributed by atoms with Crippen LogP contribution in [0.4, 0.5) is 0 Å². The minimum absolute atomic E-state index is 0.00714. The summed E-state index contributed by atoms with van der Waals surface area (Å²) in [6, 6.07) is 13.7. The predicted octanol–water partition coefficient (Wildman–Crippen LogP) is 5.32. The average Bonchev–Trinajstić information content (AvgIpc) is 3.14. The molecule has 0 atom stereocenters. The predicted molar refractivity (Wildman–Crippen MR) is 109 cm³/mol. The molecule has 0 saturated carbocycles. The summed E-state index contributed by atoms with van der Waals surface area (Å²) in [5, 5.41) is 10.9. The second-order valence-electron chi connectivity index (χ2n) is 6.42. The van der Waals surface area contributed by atoms with Crippen LogP contribution < -0.4 is 4.74 Å². The molecule has 0 radical (unpaired) electrons. The van der Waals surface area contributed by atoms with Gasteiger partial charge in [-0.05, 0) is 47.5 Å². The molecule has 0 unspecified atom stereocenters. The van der Waals surface area contributed by atoms with Crippen LogP contribution in [-0.4, -0.2) is 25.6 Å². The molecule has 5 nitrogen and oxygen atoms in total. The van der Waals surface area contributed by atoms with Gasteiger partial charge >= 0.3 is 0 Å². The lowest BCUT2D eigenvalue weighted by molar-refractivity contribution is 0.239. The van der Waals surface area contributed by atoms with E-state index in [4.69, 9.17) is 4.74 Å². The number of rotatable bonds is 4. The highest BCUT2D eigenvalue weighted by molar-refractivity contribution is 9.10. The molecule has 0 bridgehead atoms. The Morgan fingerprint density at radius 3 is 2.56 bits per heavy atom. The summed E-state index contributed by atoms with van der Waals surface area (Å²) in [4.78, 5) is 8.73. The van der Waals surface area contributed by atoms with Gasteiger partial charge in [0.25, 0.3) is 0 Å². The first-order chi connectivity index (χ1) is 13.1. The first kappa shape index (κ1) is 17.5. The molecule has 0 aliphatic rings. The fourth-order valence-electron chi connectivity index (χ4n) is 3.06. The molecule has 2 heterocycles. The zero-order valence-corrected chi connectivity index (χ0v) is 16.5. The fraction of sp³-hybridized carbons (Fsp3) is 0.143. The van der Waals surface area contributed by atoms with E-state index in [0.717, 1.165) is 16.8 Å². The summed E-state index contributed by atoms with van der Waals surface area (Å²) >= 11 is 3.48. The van der Waals surface area contributed by atoms with E-state index in [0.29, 0.717) is 21.6 Å². The maximum Gasteiger partial charge on any atom is 0.234 e. The Morgan fingerprint density at radius 2 is 1.81 bits per heavy atom. The molecule has 0 saturated heterocycles. The van der Waals surface area contributed by atoms with Gasteiger partial charge in [0.1, 0.15) is 16.0 Å². The van der Waals surface area contributed by atoms with Crippen molar-refractivity contribution in [3.63, 3.8) is 0 Å². The molecular formula is C21H18BrN3O2. The van der Waals surface area contributed by atoms with Crippen LogP contribution in [0.3, 0.4) is 0 Å². The number of aromatic hydroxyl groups is 1. The molecule has 0 aliphatic heterocycles. The number of phenolic OH excluding ortho intramolecular Hbond substituents is 1. The number of benzene rings is 2. The average molecular weight is 424 g/mol. The van der Waals surface area contributed by atoms with Crippen LogP contribution in [0.2, 0.25) is 0 Å². The van der Waals surface area contributed by atoms with Gasteiger partial charge in [0.15, 0.2) is 0 Å². The number of ether oxygens (including phenoxy) is 1. The van der Waals surface area contributed by atoms with E-state index < -0.39 is 0 Å². The summed E-state index contributed by atoms with van der Waals surface area (Å²) < 4.78 is 8.17. The highest BCUT2D eigenvalue weighted by Gasteiger charge is 2.20. The Balaban J connectivity index is 1.99. The van der Waals surface area contributed by atoms with Gasteiger partial charge in [0.2, 0.25) is 5.78 Å². The number of halogens is 1. The van der Waals surface area contributed by atoms with Crippen molar-refractivity contribution in [1.82, 2.24) is 14.4 Å². The molecule has 2 aromatic carbocycles. The zero-order valence-electron chi connectivity index (χ0n) is 14.9. The van der Waals surface area contributed by atoms with E-state index in [1.165, 1.54) is 0 Å². The summed E-state index contributed by atoms with van der Waals surface area (Å²) in [7, 11) is 0. The van der Waals surface area contributed by atoms with Crippen LogP contribution in [0.25, 0.3) is 28.2 Å². The van der Waals surface area contributed by atoms with Crippen molar-refractivity contribution >= 4 is 21.7 Å². The molecule has 0 fully saturated rings. The van der Waals surface area contributed by atoms with Gasteiger partial charge in [-0.25, -0.2) is 9.97 Å². The molecule has 136 valence electrons. The van der Waals surface area contributed by atoms with Crippen LogP contribution >= 0.6 is 15.9 Å². The minimum Gasteiger partial charge on any atom is -0.506 e. The van der Waals surface area contributed by atoms with Crippen LogP contribution in [0.5, 0.6) is 11.5 Å². The molecule has 4 rings (SSSR count). The third-order valence-corrected chi connectivity index (χ3v) is 4.98. The van der Waals surface area contributed by atoms with Crippen LogP contribution in [-0.2, 0) is 0 Å². The van der Waals surface area contributed by atoms with E-state index in [1.807, 2.05) is 66.9 Å². The minimum atomic E-state index is 0.00714. The maximum atomic E-state index is 10.9. The van der Waals surface area contributed by atoms with Gasteiger partial charge < -0.3 is 9.84 Å². The number of hydrogen-bond donors (Lipinski definition) is 1. The number of imidazole rings is 1. The molecule has 0 aliphatic carbocycles. The SMILES string of the molecule is CC(C)Oc1ccc(-c2c(-c3ccccc3)cnc3nccn23)c(O)c1Br. The van der Waals surface area contributed by atoms with E-state index in [9.17, 15) is 5.11 Å². The Labute approximate surface area is 165 Å². The van der Waals surface area contributed by atoms with Crippen molar-refractivity contribution in [2.75, 3.05) is 0 Å². The quantitative estimate of drug-likeness (QED) is 0.482. The second kappa shape index (κ2) is 7.04. The molecule has 2 aromatic heterocycles. The molecule has 0 amide bonds. The van der Waals surface area contributed by atoms with Gasteiger partial charge in [0, 0.05) is 29.7 Å². The highest BCUT2D eigenvalue weighted by atomic mass is 79.9. The van der Waals surface area contributed by atoms with Gasteiger partial charge in [-0.1, -0.05) is 30.3 Å². The topological polar surface area (TPSA) is 59.7 Å². The van der Waals surface area contributed by atoms with Crippen molar-refractivity contribution in [2.24, 2.45) is 0 Å². The maximum absolute atomic E-state index is 10.9. The first-order valence-corrected chi connectivity index (χ1v) is 9.41. The van der Waals surface area contributed by atoms with Crippen LogP contribution in [0.1, 0.15) is 13.8 Å². The van der Waals surface area contributed by atoms with E-state index in [2.05, 4.69) is 25.9 Å². The van der Waals surface area contributed by atoms with Gasteiger partial charge in [-0.2, -0.15) is 0 Å². The molecule has 4 aromatic rings. The second-order valence-corrected chi connectivity index (χ2v) is 7.22. The van der Waals surface area contributed by atoms with Crippen molar-refractivity contribution in [3.05, 3.63) is 65.5 Å². The van der Waals surface area contributed by atoms with E-state index in [-0.39, 0.29) is 11.9 Å². The van der Waals surface area contributed by atoms with E-state index in [1.54, 1.807) is 12.4 Å². The Kier molecular flexibility index (Phi) is 4.58. The molecule has 1 N–H and O–H groups in total. The zero-order chi connectivity index (χ0) is 19.0. The lowest BCUT2D eigenvalue weighted by Gasteiger charge is -2.17. The lowest BCUT2D eigenvalue weighted by atomic mass is 10.00.